The number of fused-ring (bicyclic) bond motifs is 1. The van der Waals surface area contributed by atoms with E-state index in [1.807, 2.05) is 0 Å². The first-order valence-electron chi connectivity index (χ1n) is 8.27. The van der Waals surface area contributed by atoms with Crippen LogP contribution in [0.2, 0.25) is 0 Å². The number of aliphatic hydroxyl groups is 3. The molecule has 27 heavy (non-hydrogen) atoms. The van der Waals surface area contributed by atoms with Crippen molar-refractivity contribution in [2.75, 3.05) is 13.7 Å². The molecule has 3 N–H and O–H groups in total. The van der Waals surface area contributed by atoms with Gasteiger partial charge < -0.3 is 24.8 Å². The highest BCUT2D eigenvalue weighted by molar-refractivity contribution is 5.73. The minimum atomic E-state index is -1.31. The van der Waals surface area contributed by atoms with Gasteiger partial charge in [0.2, 0.25) is 0 Å². The van der Waals surface area contributed by atoms with Crippen molar-refractivity contribution < 1.29 is 24.8 Å². The molecule has 0 saturated carbocycles. The van der Waals surface area contributed by atoms with E-state index < -0.39 is 31.1 Å². The maximum Gasteiger partial charge on any atom is 0.269 e. The van der Waals surface area contributed by atoms with Crippen LogP contribution in [0.1, 0.15) is 6.23 Å². The van der Waals surface area contributed by atoms with Gasteiger partial charge in [0.15, 0.2) is 11.9 Å². The highest BCUT2D eigenvalue weighted by Crippen LogP contribution is 2.30. The van der Waals surface area contributed by atoms with Gasteiger partial charge in [0.1, 0.15) is 35.8 Å². The fraction of sp³-hybridized carbons (Fsp3) is 0.353. The third-order valence-corrected chi connectivity index (χ3v) is 4.62. The third kappa shape index (κ3) is 2.79. The highest BCUT2D eigenvalue weighted by atomic mass is 16.6. The molecule has 0 spiro atoms. The van der Waals surface area contributed by atoms with E-state index in [-0.39, 0.29) is 16.6 Å². The van der Waals surface area contributed by atoms with Crippen molar-refractivity contribution in [2.45, 2.75) is 24.5 Å². The maximum absolute atomic E-state index is 12.8. The van der Waals surface area contributed by atoms with Gasteiger partial charge in [0.25, 0.3) is 5.56 Å². The average molecular weight is 374 g/mol. The van der Waals surface area contributed by atoms with Crippen LogP contribution in [-0.2, 0) is 4.74 Å². The van der Waals surface area contributed by atoms with Crippen molar-refractivity contribution in [3.05, 3.63) is 47.1 Å². The molecule has 4 atom stereocenters. The van der Waals surface area contributed by atoms with Crippen LogP contribution < -0.4 is 10.3 Å². The molecule has 0 radical (unpaired) electrons. The number of hydrogen-bond acceptors (Lipinski definition) is 8. The molecule has 1 saturated heterocycles. The molecule has 1 aliphatic rings. The number of aromatic nitrogens is 4. The molecule has 3 aromatic rings. The molecule has 3 heterocycles. The summed E-state index contributed by atoms with van der Waals surface area (Å²) in [7, 11) is 1.56. The molecule has 1 aliphatic heterocycles. The molecule has 1 fully saturated rings. The van der Waals surface area contributed by atoms with Crippen LogP contribution in [0.25, 0.3) is 16.7 Å². The SMILES string of the molecule is COc1ccc(-n2cnc3c(cnn3C3OC(CO)C(O)C3O)c2=O)cc1. The van der Waals surface area contributed by atoms with E-state index in [1.165, 1.54) is 21.8 Å². The number of aliphatic hydroxyl groups excluding tert-OH is 3. The zero-order valence-electron chi connectivity index (χ0n) is 14.3. The van der Waals surface area contributed by atoms with E-state index in [0.717, 1.165) is 0 Å². The summed E-state index contributed by atoms with van der Waals surface area (Å²) in [6.07, 6.45) is -1.89. The largest absolute Gasteiger partial charge is 0.497 e. The molecule has 4 unspecified atom stereocenters. The van der Waals surface area contributed by atoms with E-state index in [1.54, 1.807) is 31.4 Å². The second-order valence-electron chi connectivity index (χ2n) is 6.17. The van der Waals surface area contributed by atoms with Gasteiger partial charge in [0, 0.05) is 0 Å². The lowest BCUT2D eigenvalue weighted by Crippen LogP contribution is -2.33. The molecule has 2 aromatic heterocycles. The minimum absolute atomic E-state index is 0.208. The zero-order valence-corrected chi connectivity index (χ0v) is 14.3. The first kappa shape index (κ1) is 17.6. The summed E-state index contributed by atoms with van der Waals surface area (Å²) in [5, 5.41) is 33.6. The Bertz CT molecular complexity index is 1010. The van der Waals surface area contributed by atoms with Crippen LogP contribution in [0, 0.1) is 0 Å². The Balaban J connectivity index is 1.75. The number of nitrogens with zero attached hydrogens (tertiary/aromatic N) is 4. The van der Waals surface area contributed by atoms with Gasteiger partial charge in [-0.1, -0.05) is 0 Å². The maximum atomic E-state index is 12.8. The van der Waals surface area contributed by atoms with Gasteiger partial charge in [-0.05, 0) is 24.3 Å². The van der Waals surface area contributed by atoms with Gasteiger partial charge in [-0.3, -0.25) is 9.36 Å². The van der Waals surface area contributed by atoms with Crippen LogP contribution in [-0.4, -0.2) is 66.7 Å². The molecule has 1 aromatic carbocycles. The quantitative estimate of drug-likeness (QED) is 0.541. The summed E-state index contributed by atoms with van der Waals surface area (Å²) in [6.45, 7) is -0.453. The Kier molecular flexibility index (Phi) is 4.40. The lowest BCUT2D eigenvalue weighted by atomic mass is 10.1. The predicted molar refractivity (Wildman–Crippen MR) is 92.7 cm³/mol. The van der Waals surface area contributed by atoms with Crippen molar-refractivity contribution in [3.8, 4) is 11.4 Å². The second-order valence-corrected chi connectivity index (χ2v) is 6.17. The number of hydrogen-bond donors (Lipinski definition) is 3. The summed E-state index contributed by atoms with van der Waals surface area (Å²) in [4.78, 5) is 17.1. The van der Waals surface area contributed by atoms with Gasteiger partial charge >= 0.3 is 0 Å². The number of methoxy groups -OCH3 is 1. The first-order chi connectivity index (χ1) is 13.0. The average Bonchev–Trinajstić information content (AvgIpc) is 3.24. The monoisotopic (exact) mass is 374 g/mol. The fourth-order valence-electron chi connectivity index (χ4n) is 3.12. The van der Waals surface area contributed by atoms with Crippen molar-refractivity contribution in [1.29, 1.82) is 0 Å². The van der Waals surface area contributed by atoms with Crippen molar-refractivity contribution >= 4 is 11.0 Å². The van der Waals surface area contributed by atoms with E-state index in [2.05, 4.69) is 10.1 Å². The normalized spacial score (nSPS) is 25.2. The minimum Gasteiger partial charge on any atom is -0.497 e. The second kappa shape index (κ2) is 6.74. The summed E-state index contributed by atoms with van der Waals surface area (Å²) < 4.78 is 13.2. The molecule has 10 nitrogen and oxygen atoms in total. The Morgan fingerprint density at radius 2 is 1.96 bits per heavy atom. The van der Waals surface area contributed by atoms with Crippen molar-refractivity contribution in [3.63, 3.8) is 0 Å². The van der Waals surface area contributed by atoms with E-state index in [4.69, 9.17) is 9.47 Å². The van der Waals surface area contributed by atoms with Gasteiger partial charge in [-0.2, -0.15) is 5.10 Å². The van der Waals surface area contributed by atoms with Gasteiger partial charge in [-0.15, -0.1) is 0 Å². The first-order valence-corrected chi connectivity index (χ1v) is 8.27. The molecule has 0 amide bonds. The molecule has 142 valence electrons. The standard InChI is InChI=1S/C17H18N4O6/c1-26-10-4-2-9(3-5-10)20-8-18-15-11(16(20)25)6-19-21(15)17-14(24)13(23)12(7-22)27-17/h2-6,8,12-14,17,22-24H,7H2,1H3. The van der Waals surface area contributed by atoms with Crippen LogP contribution in [0.3, 0.4) is 0 Å². The number of rotatable bonds is 4. The zero-order chi connectivity index (χ0) is 19.1. The molecule has 0 aliphatic carbocycles. The Hall–Kier alpha value is -2.79. The number of benzene rings is 1. The fourth-order valence-corrected chi connectivity index (χ4v) is 3.12. The number of ether oxygens (including phenoxy) is 2. The Labute approximate surface area is 152 Å². The van der Waals surface area contributed by atoms with E-state index >= 15 is 0 Å². The molecule has 0 bridgehead atoms. The van der Waals surface area contributed by atoms with Gasteiger partial charge in [-0.25, -0.2) is 9.67 Å². The molecule has 10 heteroatoms. The lowest BCUT2D eigenvalue weighted by molar-refractivity contribution is -0.0566. The van der Waals surface area contributed by atoms with Gasteiger partial charge in [0.05, 0.1) is 25.6 Å². The lowest BCUT2D eigenvalue weighted by Gasteiger charge is -2.15. The van der Waals surface area contributed by atoms with Crippen LogP contribution >= 0.6 is 0 Å². The van der Waals surface area contributed by atoms with Crippen LogP contribution in [0.15, 0.2) is 41.6 Å². The predicted octanol–water partition coefficient (Wildman–Crippen LogP) is -0.798. The van der Waals surface area contributed by atoms with Crippen molar-refractivity contribution in [1.82, 2.24) is 19.3 Å². The third-order valence-electron chi connectivity index (χ3n) is 4.62. The Morgan fingerprint density at radius 1 is 1.22 bits per heavy atom. The molecular weight excluding hydrogens is 356 g/mol. The van der Waals surface area contributed by atoms with Crippen LogP contribution in [0.4, 0.5) is 0 Å². The summed E-state index contributed by atoms with van der Waals surface area (Å²) in [5.74, 6) is 0.665. The topological polar surface area (TPSA) is 132 Å². The molecular formula is C17H18N4O6. The summed E-state index contributed by atoms with van der Waals surface area (Å²) in [5.41, 5.74) is 0.471. The summed E-state index contributed by atoms with van der Waals surface area (Å²) in [6, 6.07) is 6.91. The van der Waals surface area contributed by atoms with Crippen molar-refractivity contribution in [2.24, 2.45) is 0 Å². The van der Waals surface area contributed by atoms with Crippen LogP contribution in [0.5, 0.6) is 5.75 Å². The van der Waals surface area contributed by atoms with E-state index in [9.17, 15) is 20.1 Å². The smallest absolute Gasteiger partial charge is 0.269 e. The Morgan fingerprint density at radius 3 is 2.59 bits per heavy atom. The van der Waals surface area contributed by atoms with E-state index in [0.29, 0.717) is 11.4 Å². The highest BCUT2D eigenvalue weighted by Gasteiger charge is 2.44. The summed E-state index contributed by atoms with van der Waals surface area (Å²) >= 11 is 0. The molecule has 4 rings (SSSR count).